The van der Waals surface area contributed by atoms with Crippen LogP contribution in [0.4, 0.5) is 14.5 Å². The number of nitrogens with one attached hydrogen (secondary N) is 1. The summed E-state index contributed by atoms with van der Waals surface area (Å²) in [5.41, 5.74) is 2.89. The Morgan fingerprint density at radius 3 is 2.44 bits per heavy atom. The third kappa shape index (κ3) is 4.45. The molecule has 7 heteroatoms. The summed E-state index contributed by atoms with van der Waals surface area (Å²) >= 11 is 0. The van der Waals surface area contributed by atoms with Gasteiger partial charge in [0.1, 0.15) is 23.2 Å². The van der Waals surface area contributed by atoms with Crippen molar-refractivity contribution in [1.82, 2.24) is 4.90 Å². The van der Waals surface area contributed by atoms with E-state index in [1.54, 1.807) is 29.2 Å². The number of carbonyl (C=O) groups is 2. The van der Waals surface area contributed by atoms with Gasteiger partial charge in [-0.3, -0.25) is 9.59 Å². The maximum atomic E-state index is 13.4. The van der Waals surface area contributed by atoms with Crippen LogP contribution in [0.3, 0.4) is 0 Å². The minimum Gasteiger partial charge on any atom is -0.461 e. The van der Waals surface area contributed by atoms with Gasteiger partial charge in [-0.25, -0.2) is 8.78 Å². The smallest absolute Gasteiger partial charge is 0.255 e. The molecule has 1 N–H and O–H groups in total. The van der Waals surface area contributed by atoms with Gasteiger partial charge in [0.15, 0.2) is 0 Å². The van der Waals surface area contributed by atoms with Crippen molar-refractivity contribution in [3.05, 3.63) is 113 Å². The van der Waals surface area contributed by atoms with Gasteiger partial charge in [0, 0.05) is 47.5 Å². The Bertz CT molecular complexity index is 1380. The van der Waals surface area contributed by atoms with Crippen LogP contribution in [-0.4, -0.2) is 23.3 Å². The maximum Gasteiger partial charge on any atom is 0.255 e. The van der Waals surface area contributed by atoms with Crippen LogP contribution in [0.2, 0.25) is 0 Å². The van der Waals surface area contributed by atoms with E-state index in [1.807, 2.05) is 12.1 Å². The molecular formula is C27H20F2N2O3. The van der Waals surface area contributed by atoms with Crippen LogP contribution in [-0.2, 0) is 13.0 Å². The molecular weight excluding hydrogens is 438 g/mol. The molecule has 1 aromatic heterocycles. The van der Waals surface area contributed by atoms with Gasteiger partial charge in [0.05, 0.1) is 0 Å². The minimum absolute atomic E-state index is 0.157. The predicted molar refractivity (Wildman–Crippen MR) is 123 cm³/mol. The highest BCUT2D eigenvalue weighted by atomic mass is 19.1. The van der Waals surface area contributed by atoms with E-state index in [1.165, 1.54) is 42.5 Å². The Morgan fingerprint density at radius 1 is 0.853 bits per heavy atom. The fraction of sp³-hybridized carbons (Fsp3) is 0.111. The number of fused-ring (bicyclic) bond motifs is 1. The molecule has 170 valence electrons. The molecule has 3 aromatic carbocycles. The minimum atomic E-state index is -0.477. The van der Waals surface area contributed by atoms with Gasteiger partial charge in [-0.15, -0.1) is 0 Å². The van der Waals surface area contributed by atoms with E-state index in [0.29, 0.717) is 36.5 Å². The van der Waals surface area contributed by atoms with Crippen LogP contribution in [0.25, 0.3) is 11.3 Å². The summed E-state index contributed by atoms with van der Waals surface area (Å²) in [6, 6.07) is 20.1. The summed E-state index contributed by atoms with van der Waals surface area (Å²) < 4.78 is 32.7. The molecule has 0 saturated carbocycles. The van der Waals surface area contributed by atoms with Crippen molar-refractivity contribution in [2.45, 2.75) is 13.0 Å². The zero-order valence-corrected chi connectivity index (χ0v) is 18.1. The number of amides is 2. The molecule has 0 bridgehead atoms. The molecule has 5 rings (SSSR count). The number of carbonyl (C=O) groups excluding carboxylic acids is 2. The van der Waals surface area contributed by atoms with Crippen molar-refractivity contribution in [2.24, 2.45) is 0 Å². The SMILES string of the molecule is O=C(Nc1cccc(-c2cc3c(o2)CCN(C(=O)c2ccc(F)cc2)C3)c1)c1cccc(F)c1. The number of anilines is 1. The van der Waals surface area contributed by atoms with Crippen molar-refractivity contribution in [3.8, 4) is 11.3 Å². The quantitative estimate of drug-likeness (QED) is 0.428. The molecule has 2 heterocycles. The molecule has 0 fully saturated rings. The van der Waals surface area contributed by atoms with E-state index in [9.17, 15) is 18.4 Å². The van der Waals surface area contributed by atoms with Gasteiger partial charge in [-0.1, -0.05) is 18.2 Å². The zero-order valence-electron chi connectivity index (χ0n) is 18.1. The Hall–Kier alpha value is -4.26. The number of hydrogen-bond acceptors (Lipinski definition) is 3. The number of nitrogens with zero attached hydrogens (tertiary/aromatic N) is 1. The Balaban J connectivity index is 1.32. The normalized spacial score (nSPS) is 12.8. The number of hydrogen-bond donors (Lipinski definition) is 1. The van der Waals surface area contributed by atoms with Crippen molar-refractivity contribution in [3.63, 3.8) is 0 Å². The first kappa shape index (κ1) is 21.6. The fourth-order valence-electron chi connectivity index (χ4n) is 4.01. The lowest BCUT2D eigenvalue weighted by molar-refractivity contribution is 0.0729. The van der Waals surface area contributed by atoms with E-state index < -0.39 is 11.7 Å². The standard InChI is InChI=1S/C27H20F2N2O3/c28-21-9-7-17(8-10-21)27(33)31-12-11-24-20(16-31)15-25(34-24)18-3-2-6-23(14-18)30-26(32)19-4-1-5-22(29)13-19/h1-10,13-15H,11-12,16H2,(H,30,32). The molecule has 1 aliphatic rings. The first-order chi connectivity index (χ1) is 16.5. The monoisotopic (exact) mass is 458 g/mol. The first-order valence-corrected chi connectivity index (χ1v) is 10.8. The van der Waals surface area contributed by atoms with Gasteiger partial charge in [-0.05, 0) is 60.7 Å². The second-order valence-corrected chi connectivity index (χ2v) is 8.09. The largest absolute Gasteiger partial charge is 0.461 e. The van der Waals surface area contributed by atoms with E-state index in [2.05, 4.69) is 5.32 Å². The summed E-state index contributed by atoms with van der Waals surface area (Å²) in [6.07, 6.45) is 0.568. The summed E-state index contributed by atoms with van der Waals surface area (Å²) in [5, 5.41) is 2.77. The Kier molecular flexibility index (Phi) is 5.67. The average Bonchev–Trinajstić information content (AvgIpc) is 3.28. The predicted octanol–water partition coefficient (Wildman–Crippen LogP) is 5.68. The number of benzene rings is 3. The van der Waals surface area contributed by atoms with Gasteiger partial charge in [0.2, 0.25) is 0 Å². The van der Waals surface area contributed by atoms with Crippen LogP contribution in [0.15, 0.2) is 83.3 Å². The lowest BCUT2D eigenvalue weighted by Crippen LogP contribution is -2.35. The van der Waals surface area contributed by atoms with E-state index in [4.69, 9.17) is 4.42 Å². The molecule has 2 amide bonds. The number of rotatable bonds is 4. The first-order valence-electron chi connectivity index (χ1n) is 10.8. The van der Waals surface area contributed by atoms with E-state index >= 15 is 0 Å². The number of halogens is 2. The molecule has 0 radical (unpaired) electrons. The highest BCUT2D eigenvalue weighted by Gasteiger charge is 2.25. The van der Waals surface area contributed by atoms with E-state index in [0.717, 1.165) is 16.9 Å². The maximum absolute atomic E-state index is 13.4. The van der Waals surface area contributed by atoms with Gasteiger partial charge >= 0.3 is 0 Å². The lowest BCUT2D eigenvalue weighted by Gasteiger charge is -2.26. The van der Waals surface area contributed by atoms with Crippen LogP contribution in [0.5, 0.6) is 0 Å². The molecule has 0 saturated heterocycles. The topological polar surface area (TPSA) is 62.6 Å². The number of furan rings is 1. The average molecular weight is 458 g/mol. The second-order valence-electron chi connectivity index (χ2n) is 8.09. The molecule has 0 unspecified atom stereocenters. The van der Waals surface area contributed by atoms with Crippen LogP contribution < -0.4 is 5.32 Å². The Morgan fingerprint density at radius 2 is 1.65 bits per heavy atom. The molecule has 1 aliphatic heterocycles. The van der Waals surface area contributed by atoms with Crippen LogP contribution in [0, 0.1) is 11.6 Å². The van der Waals surface area contributed by atoms with Gasteiger partial charge in [0.25, 0.3) is 11.8 Å². The lowest BCUT2D eigenvalue weighted by atomic mass is 10.1. The van der Waals surface area contributed by atoms with Crippen molar-refractivity contribution < 1.29 is 22.8 Å². The van der Waals surface area contributed by atoms with Crippen molar-refractivity contribution >= 4 is 17.5 Å². The highest BCUT2D eigenvalue weighted by Crippen LogP contribution is 2.31. The third-order valence-electron chi connectivity index (χ3n) is 5.74. The van der Waals surface area contributed by atoms with Gasteiger partial charge in [-0.2, -0.15) is 0 Å². The molecule has 5 nitrogen and oxygen atoms in total. The fourth-order valence-corrected chi connectivity index (χ4v) is 4.01. The molecule has 4 aromatic rings. The summed E-state index contributed by atoms with van der Waals surface area (Å²) in [4.78, 5) is 27.0. The molecule has 0 aliphatic carbocycles. The molecule has 0 spiro atoms. The second kappa shape index (κ2) is 8.94. The third-order valence-corrected chi connectivity index (χ3v) is 5.74. The van der Waals surface area contributed by atoms with Crippen molar-refractivity contribution in [1.29, 1.82) is 0 Å². The van der Waals surface area contributed by atoms with Crippen LogP contribution >= 0.6 is 0 Å². The molecule has 0 atom stereocenters. The van der Waals surface area contributed by atoms with E-state index in [-0.39, 0.29) is 17.3 Å². The summed E-state index contributed by atoms with van der Waals surface area (Å²) in [5.74, 6) is 0.0110. The molecule has 34 heavy (non-hydrogen) atoms. The Labute approximate surface area is 194 Å². The van der Waals surface area contributed by atoms with Crippen molar-refractivity contribution in [2.75, 3.05) is 11.9 Å². The summed E-state index contributed by atoms with van der Waals surface area (Å²) in [6.45, 7) is 0.894. The summed E-state index contributed by atoms with van der Waals surface area (Å²) in [7, 11) is 0. The van der Waals surface area contributed by atoms with Gasteiger partial charge < -0.3 is 14.6 Å². The highest BCUT2D eigenvalue weighted by molar-refractivity contribution is 6.04. The zero-order chi connectivity index (χ0) is 23.7. The van der Waals surface area contributed by atoms with Crippen LogP contribution in [0.1, 0.15) is 32.0 Å².